The van der Waals surface area contributed by atoms with Crippen LogP contribution in [-0.2, 0) is 9.59 Å². The number of nitrogens with zero attached hydrogens (tertiary/aromatic N) is 2. The molecule has 2 amide bonds. The van der Waals surface area contributed by atoms with Crippen LogP contribution in [0.25, 0.3) is 0 Å². The highest BCUT2D eigenvalue weighted by Gasteiger charge is 2.36. The highest BCUT2D eigenvalue weighted by atomic mass is 16.2. The van der Waals surface area contributed by atoms with Crippen LogP contribution in [0.1, 0.15) is 26.7 Å². The Morgan fingerprint density at radius 3 is 2.71 bits per heavy atom. The number of carbonyl (C=O) groups is 2. The maximum absolute atomic E-state index is 11.3. The second-order valence-electron chi connectivity index (χ2n) is 3.81. The number of carbonyl (C=O) groups excluding carboxylic acids is 2. The summed E-state index contributed by atoms with van der Waals surface area (Å²) in [5.74, 6) is 0.110. The van der Waals surface area contributed by atoms with E-state index in [1.54, 1.807) is 18.9 Å². The van der Waals surface area contributed by atoms with E-state index >= 15 is 0 Å². The van der Waals surface area contributed by atoms with E-state index in [-0.39, 0.29) is 18.0 Å². The van der Waals surface area contributed by atoms with Crippen LogP contribution in [0.15, 0.2) is 0 Å². The maximum atomic E-state index is 11.3. The molecule has 0 spiro atoms. The molecule has 1 aliphatic heterocycles. The lowest BCUT2D eigenvalue weighted by molar-refractivity contribution is -0.131. The fraction of sp³-hybridized carbons (Fsp3) is 0.800. The molecule has 80 valence electrons. The summed E-state index contributed by atoms with van der Waals surface area (Å²) in [6.45, 7) is 4.42. The zero-order chi connectivity index (χ0) is 10.7. The smallest absolute Gasteiger partial charge is 0.219 e. The van der Waals surface area contributed by atoms with Gasteiger partial charge in [0, 0.05) is 20.5 Å². The molecule has 0 aromatic rings. The van der Waals surface area contributed by atoms with Crippen LogP contribution >= 0.6 is 0 Å². The second kappa shape index (κ2) is 4.44. The van der Waals surface area contributed by atoms with E-state index in [9.17, 15) is 9.59 Å². The van der Waals surface area contributed by atoms with E-state index in [0.717, 1.165) is 25.8 Å². The highest BCUT2D eigenvalue weighted by Crippen LogP contribution is 2.23. The molecule has 2 unspecified atom stereocenters. The first kappa shape index (κ1) is 11.0. The number of amides is 2. The standard InChI is InChI=1S/C10H18N2O2/c1-4-9-10(11(3)7-13)5-6-12(9)8(2)14/h7,9-10H,4-6H2,1-3H3. The van der Waals surface area contributed by atoms with Crippen molar-refractivity contribution in [2.75, 3.05) is 13.6 Å². The number of hydrogen-bond donors (Lipinski definition) is 0. The lowest BCUT2D eigenvalue weighted by Gasteiger charge is -2.29. The van der Waals surface area contributed by atoms with E-state index in [1.807, 2.05) is 4.90 Å². The fourth-order valence-corrected chi connectivity index (χ4v) is 2.27. The Labute approximate surface area is 84.9 Å². The Morgan fingerprint density at radius 2 is 2.29 bits per heavy atom. The maximum Gasteiger partial charge on any atom is 0.219 e. The molecule has 4 nitrogen and oxygen atoms in total. The third kappa shape index (κ3) is 1.89. The average Bonchev–Trinajstić information content (AvgIpc) is 2.59. The molecule has 0 radical (unpaired) electrons. The number of likely N-dealkylation sites (N-methyl/N-ethyl adjacent to an activating group) is 1. The van der Waals surface area contributed by atoms with Crippen LogP contribution in [0, 0.1) is 0 Å². The molecule has 1 fully saturated rings. The van der Waals surface area contributed by atoms with Gasteiger partial charge in [0.15, 0.2) is 0 Å². The van der Waals surface area contributed by atoms with Gasteiger partial charge in [0.25, 0.3) is 0 Å². The van der Waals surface area contributed by atoms with Crippen molar-refractivity contribution in [1.29, 1.82) is 0 Å². The predicted molar refractivity (Wildman–Crippen MR) is 53.7 cm³/mol. The summed E-state index contributed by atoms with van der Waals surface area (Å²) in [5, 5.41) is 0. The molecular weight excluding hydrogens is 180 g/mol. The summed E-state index contributed by atoms with van der Waals surface area (Å²) in [6, 6.07) is 0.393. The summed E-state index contributed by atoms with van der Waals surface area (Å²) in [5.41, 5.74) is 0. The van der Waals surface area contributed by atoms with Gasteiger partial charge < -0.3 is 9.80 Å². The second-order valence-corrected chi connectivity index (χ2v) is 3.81. The predicted octanol–water partition coefficient (Wildman–Crippen LogP) is 0.474. The van der Waals surface area contributed by atoms with Gasteiger partial charge in [-0.3, -0.25) is 9.59 Å². The van der Waals surface area contributed by atoms with Crippen LogP contribution in [-0.4, -0.2) is 47.8 Å². The lowest BCUT2D eigenvalue weighted by atomic mass is 10.1. The minimum atomic E-state index is 0.110. The Morgan fingerprint density at radius 1 is 1.64 bits per heavy atom. The number of likely N-dealkylation sites (tertiary alicyclic amines) is 1. The molecule has 0 aromatic carbocycles. The summed E-state index contributed by atoms with van der Waals surface area (Å²) in [4.78, 5) is 25.5. The average molecular weight is 198 g/mol. The molecule has 1 aliphatic rings. The molecule has 0 aliphatic carbocycles. The van der Waals surface area contributed by atoms with Gasteiger partial charge in [-0.05, 0) is 12.8 Å². The summed E-state index contributed by atoms with van der Waals surface area (Å²) in [6.07, 6.45) is 2.65. The van der Waals surface area contributed by atoms with Crippen molar-refractivity contribution < 1.29 is 9.59 Å². The first-order valence-electron chi connectivity index (χ1n) is 5.06. The van der Waals surface area contributed by atoms with Gasteiger partial charge >= 0.3 is 0 Å². The normalized spacial score (nSPS) is 26.4. The van der Waals surface area contributed by atoms with E-state index in [2.05, 4.69) is 6.92 Å². The third-order valence-corrected chi connectivity index (χ3v) is 3.02. The van der Waals surface area contributed by atoms with E-state index in [0.29, 0.717) is 0 Å². The van der Waals surface area contributed by atoms with Crippen molar-refractivity contribution in [1.82, 2.24) is 9.80 Å². The molecule has 1 heterocycles. The Hall–Kier alpha value is -1.06. The Bertz CT molecular complexity index is 230. The molecule has 2 atom stereocenters. The molecule has 0 saturated carbocycles. The van der Waals surface area contributed by atoms with Gasteiger partial charge in [-0.1, -0.05) is 6.92 Å². The Kier molecular flexibility index (Phi) is 3.49. The highest BCUT2D eigenvalue weighted by molar-refractivity contribution is 5.74. The van der Waals surface area contributed by atoms with E-state index in [1.165, 1.54) is 0 Å². The number of rotatable bonds is 3. The third-order valence-electron chi connectivity index (χ3n) is 3.02. The van der Waals surface area contributed by atoms with Crippen molar-refractivity contribution in [3.05, 3.63) is 0 Å². The zero-order valence-corrected chi connectivity index (χ0v) is 9.06. The molecule has 4 heteroatoms. The summed E-state index contributed by atoms with van der Waals surface area (Å²) >= 11 is 0. The SMILES string of the molecule is CCC1C(N(C)C=O)CCN1C(C)=O. The topological polar surface area (TPSA) is 40.6 Å². The summed E-state index contributed by atoms with van der Waals surface area (Å²) < 4.78 is 0. The van der Waals surface area contributed by atoms with Crippen molar-refractivity contribution in [3.63, 3.8) is 0 Å². The molecule has 0 bridgehead atoms. The van der Waals surface area contributed by atoms with Crippen LogP contribution in [0.5, 0.6) is 0 Å². The van der Waals surface area contributed by atoms with Crippen molar-refractivity contribution in [2.24, 2.45) is 0 Å². The molecule has 1 rings (SSSR count). The molecule has 0 N–H and O–H groups in total. The summed E-state index contributed by atoms with van der Waals surface area (Å²) in [7, 11) is 1.78. The zero-order valence-electron chi connectivity index (χ0n) is 9.06. The first-order chi connectivity index (χ1) is 6.61. The molecule has 1 saturated heterocycles. The van der Waals surface area contributed by atoms with E-state index < -0.39 is 0 Å². The van der Waals surface area contributed by atoms with Crippen LogP contribution in [0.2, 0.25) is 0 Å². The first-order valence-corrected chi connectivity index (χ1v) is 5.06. The monoisotopic (exact) mass is 198 g/mol. The van der Waals surface area contributed by atoms with Crippen molar-refractivity contribution in [3.8, 4) is 0 Å². The quantitative estimate of drug-likeness (QED) is 0.619. The molecular formula is C10H18N2O2. The lowest BCUT2D eigenvalue weighted by Crippen LogP contribution is -2.44. The Balaban J connectivity index is 2.73. The van der Waals surface area contributed by atoms with Crippen LogP contribution in [0.4, 0.5) is 0 Å². The van der Waals surface area contributed by atoms with Gasteiger partial charge in [-0.15, -0.1) is 0 Å². The van der Waals surface area contributed by atoms with Crippen molar-refractivity contribution >= 4 is 12.3 Å². The van der Waals surface area contributed by atoms with Crippen LogP contribution < -0.4 is 0 Å². The van der Waals surface area contributed by atoms with Gasteiger partial charge in [0.05, 0.1) is 12.1 Å². The van der Waals surface area contributed by atoms with Crippen molar-refractivity contribution in [2.45, 2.75) is 38.8 Å². The minimum Gasteiger partial charge on any atom is -0.343 e. The fourth-order valence-electron chi connectivity index (χ4n) is 2.27. The molecule has 14 heavy (non-hydrogen) atoms. The minimum absolute atomic E-state index is 0.110. The van der Waals surface area contributed by atoms with Crippen LogP contribution in [0.3, 0.4) is 0 Å². The van der Waals surface area contributed by atoms with Gasteiger partial charge in [-0.25, -0.2) is 0 Å². The molecule has 0 aromatic heterocycles. The largest absolute Gasteiger partial charge is 0.343 e. The van der Waals surface area contributed by atoms with E-state index in [4.69, 9.17) is 0 Å². The van der Waals surface area contributed by atoms with Gasteiger partial charge in [0.1, 0.15) is 0 Å². The number of hydrogen-bond acceptors (Lipinski definition) is 2. The van der Waals surface area contributed by atoms with Gasteiger partial charge in [-0.2, -0.15) is 0 Å². The van der Waals surface area contributed by atoms with Gasteiger partial charge in [0.2, 0.25) is 12.3 Å².